The zero-order chi connectivity index (χ0) is 19.8. The van der Waals surface area contributed by atoms with Crippen molar-refractivity contribution in [2.75, 3.05) is 7.11 Å². The van der Waals surface area contributed by atoms with Gasteiger partial charge in [0.1, 0.15) is 36.6 Å². The average Bonchev–Trinajstić information content (AvgIpc) is 2.58. The lowest BCUT2D eigenvalue weighted by Crippen LogP contribution is -2.65. The third kappa shape index (κ3) is 3.80. The fourth-order valence-electron chi connectivity index (χ4n) is 2.69. The highest BCUT2D eigenvalue weighted by molar-refractivity contribution is 5.73. The number of methoxy groups -OCH3 is 1. The topological polar surface area (TPSA) is 213 Å². The molecular formula is C13H20O13. The van der Waals surface area contributed by atoms with Gasteiger partial charge in [-0.25, -0.2) is 9.59 Å². The van der Waals surface area contributed by atoms with Gasteiger partial charge in [-0.2, -0.15) is 0 Å². The van der Waals surface area contributed by atoms with Crippen molar-refractivity contribution in [3.63, 3.8) is 0 Å². The molecule has 2 heterocycles. The summed E-state index contributed by atoms with van der Waals surface area (Å²) in [6.07, 6.45) is -18.4. The summed E-state index contributed by atoms with van der Waals surface area (Å²) >= 11 is 0. The number of carboxylic acid groups (broad SMARTS) is 2. The van der Waals surface area contributed by atoms with Gasteiger partial charge < -0.3 is 54.7 Å². The Morgan fingerprint density at radius 1 is 0.731 bits per heavy atom. The van der Waals surface area contributed by atoms with E-state index in [0.29, 0.717) is 0 Å². The van der Waals surface area contributed by atoms with Crippen molar-refractivity contribution in [2.45, 2.75) is 61.4 Å². The number of ether oxygens (including phenoxy) is 4. The molecule has 2 aliphatic rings. The van der Waals surface area contributed by atoms with Crippen molar-refractivity contribution < 1.29 is 64.3 Å². The van der Waals surface area contributed by atoms with Gasteiger partial charge in [-0.3, -0.25) is 0 Å². The lowest BCUT2D eigenvalue weighted by molar-refractivity contribution is -0.357. The summed E-state index contributed by atoms with van der Waals surface area (Å²) in [5.41, 5.74) is 0. The first-order chi connectivity index (χ1) is 12.1. The number of aliphatic hydroxyl groups excluding tert-OH is 5. The first-order valence-corrected chi connectivity index (χ1v) is 7.45. The predicted molar refractivity (Wildman–Crippen MR) is 74.5 cm³/mol. The molecule has 13 heteroatoms. The van der Waals surface area contributed by atoms with Crippen molar-refractivity contribution in [1.29, 1.82) is 0 Å². The minimum Gasteiger partial charge on any atom is -0.479 e. The van der Waals surface area contributed by atoms with Gasteiger partial charge >= 0.3 is 11.9 Å². The largest absolute Gasteiger partial charge is 0.479 e. The number of carboxylic acids is 2. The van der Waals surface area contributed by atoms with E-state index < -0.39 is 73.4 Å². The molecule has 0 bridgehead atoms. The highest BCUT2D eigenvalue weighted by Crippen LogP contribution is 2.29. The van der Waals surface area contributed by atoms with Gasteiger partial charge in [0.05, 0.1) is 0 Å². The molecule has 2 fully saturated rings. The van der Waals surface area contributed by atoms with Crippen LogP contribution in [-0.4, -0.2) is 116 Å². The fraction of sp³-hybridized carbons (Fsp3) is 0.846. The molecule has 0 aliphatic carbocycles. The van der Waals surface area contributed by atoms with Crippen LogP contribution < -0.4 is 0 Å². The summed E-state index contributed by atoms with van der Waals surface area (Å²) in [6, 6.07) is 0. The maximum absolute atomic E-state index is 11.1. The molecule has 0 aromatic heterocycles. The molecule has 2 rings (SSSR count). The van der Waals surface area contributed by atoms with Crippen LogP contribution in [0.15, 0.2) is 0 Å². The van der Waals surface area contributed by atoms with Crippen LogP contribution in [0.5, 0.6) is 0 Å². The number of aliphatic hydroxyl groups is 5. The van der Waals surface area contributed by atoms with E-state index in [1.54, 1.807) is 0 Å². The van der Waals surface area contributed by atoms with E-state index in [1.165, 1.54) is 0 Å². The Balaban J connectivity index is 2.19. The quantitative estimate of drug-likeness (QED) is 0.238. The molecule has 0 saturated carbocycles. The first kappa shape index (κ1) is 20.9. The Hall–Kier alpha value is -1.42. The Labute approximate surface area is 145 Å². The number of rotatable bonds is 5. The van der Waals surface area contributed by atoms with Crippen molar-refractivity contribution in [1.82, 2.24) is 0 Å². The number of hydrogen-bond donors (Lipinski definition) is 7. The van der Waals surface area contributed by atoms with E-state index in [-0.39, 0.29) is 0 Å². The molecule has 0 unspecified atom stereocenters. The lowest BCUT2D eigenvalue weighted by atomic mass is 9.97. The van der Waals surface area contributed by atoms with E-state index >= 15 is 0 Å². The number of hydrogen-bond acceptors (Lipinski definition) is 11. The van der Waals surface area contributed by atoms with Crippen molar-refractivity contribution in [2.24, 2.45) is 0 Å². The molecule has 7 N–H and O–H groups in total. The Morgan fingerprint density at radius 3 is 1.65 bits per heavy atom. The highest BCUT2D eigenvalue weighted by Gasteiger charge is 2.53. The van der Waals surface area contributed by atoms with Crippen LogP contribution in [0, 0.1) is 0 Å². The third-order valence-electron chi connectivity index (χ3n) is 4.13. The third-order valence-corrected chi connectivity index (χ3v) is 4.13. The molecule has 10 atom stereocenters. The molecule has 13 nitrogen and oxygen atoms in total. The smallest absolute Gasteiger partial charge is 0.335 e. The maximum Gasteiger partial charge on any atom is 0.335 e. The maximum atomic E-state index is 11.1. The molecule has 0 aromatic carbocycles. The normalized spacial score (nSPS) is 46.7. The van der Waals surface area contributed by atoms with Crippen LogP contribution >= 0.6 is 0 Å². The van der Waals surface area contributed by atoms with E-state index in [2.05, 4.69) is 0 Å². The molecule has 2 saturated heterocycles. The molecule has 0 amide bonds. The molecule has 150 valence electrons. The van der Waals surface area contributed by atoms with Gasteiger partial charge in [-0.05, 0) is 0 Å². The SMILES string of the molecule is CO[C@@H]1O[C@@H](C(=O)O)[C@@H](O)[C@@H](O)[C@@H]1O[C@H]1O[C@@H](C(=O)O)[C@@H](O)[C@@H](O)[C@H]1O. The molecule has 0 spiro atoms. The van der Waals surface area contributed by atoms with Crippen molar-refractivity contribution in [3.8, 4) is 0 Å². The van der Waals surface area contributed by atoms with Gasteiger partial charge in [-0.15, -0.1) is 0 Å². The second kappa shape index (κ2) is 8.08. The summed E-state index contributed by atoms with van der Waals surface area (Å²) in [6.45, 7) is 0. The van der Waals surface area contributed by atoms with Crippen LogP contribution in [0.25, 0.3) is 0 Å². The highest BCUT2D eigenvalue weighted by atomic mass is 16.8. The van der Waals surface area contributed by atoms with Crippen LogP contribution in [0.3, 0.4) is 0 Å². The number of aliphatic carboxylic acids is 2. The molecule has 2 aliphatic heterocycles. The molecular weight excluding hydrogens is 364 g/mol. The minimum atomic E-state index is -1.95. The van der Waals surface area contributed by atoms with Gasteiger partial charge in [-0.1, -0.05) is 0 Å². The predicted octanol–water partition coefficient (Wildman–Crippen LogP) is -4.56. The summed E-state index contributed by atoms with van der Waals surface area (Å²) in [5.74, 6) is -3.22. The second-order valence-corrected chi connectivity index (χ2v) is 5.82. The second-order valence-electron chi connectivity index (χ2n) is 5.82. The van der Waals surface area contributed by atoms with Crippen LogP contribution in [-0.2, 0) is 28.5 Å². The molecule has 0 radical (unpaired) electrons. The lowest BCUT2D eigenvalue weighted by Gasteiger charge is -2.44. The molecule has 0 aromatic rings. The van der Waals surface area contributed by atoms with E-state index in [4.69, 9.17) is 29.2 Å². The summed E-state index contributed by atoms with van der Waals surface area (Å²) in [4.78, 5) is 22.1. The van der Waals surface area contributed by atoms with Gasteiger partial charge in [0, 0.05) is 7.11 Å². The minimum absolute atomic E-state index is 1.08. The van der Waals surface area contributed by atoms with Gasteiger partial charge in [0.25, 0.3) is 0 Å². The van der Waals surface area contributed by atoms with Crippen LogP contribution in [0.4, 0.5) is 0 Å². The average molecular weight is 384 g/mol. The summed E-state index contributed by atoms with van der Waals surface area (Å²) in [7, 11) is 1.08. The van der Waals surface area contributed by atoms with Crippen LogP contribution in [0.1, 0.15) is 0 Å². The standard InChI is InChI=1S/C13H20O13/c1-23-13-9(5(17)4(16)8(25-13)11(21)22)26-12-6(18)2(14)3(15)7(24-12)10(19)20/h2-9,12-18H,1H3,(H,19,20)(H,21,22)/t2-,3+,4+,5-,6-,7-,8-,9+,12-,13-/m1/s1. The summed E-state index contributed by atoms with van der Waals surface area (Å²) in [5, 5.41) is 67.2. The van der Waals surface area contributed by atoms with Gasteiger partial charge in [0.15, 0.2) is 24.8 Å². The summed E-state index contributed by atoms with van der Waals surface area (Å²) < 4.78 is 19.9. The Kier molecular flexibility index (Phi) is 6.49. The number of carbonyl (C=O) groups is 2. The fourth-order valence-corrected chi connectivity index (χ4v) is 2.69. The van der Waals surface area contributed by atoms with Crippen molar-refractivity contribution in [3.05, 3.63) is 0 Å². The van der Waals surface area contributed by atoms with Crippen LogP contribution in [0.2, 0.25) is 0 Å². The van der Waals surface area contributed by atoms with E-state index in [1.807, 2.05) is 0 Å². The van der Waals surface area contributed by atoms with Crippen molar-refractivity contribution >= 4 is 11.9 Å². The zero-order valence-electron chi connectivity index (χ0n) is 13.4. The van der Waals surface area contributed by atoms with E-state index in [9.17, 15) is 35.1 Å². The first-order valence-electron chi connectivity index (χ1n) is 7.45. The van der Waals surface area contributed by atoms with Gasteiger partial charge in [0.2, 0.25) is 0 Å². The Bertz CT molecular complexity index is 524. The Morgan fingerprint density at radius 2 is 1.19 bits per heavy atom. The zero-order valence-corrected chi connectivity index (χ0v) is 13.4. The molecule has 26 heavy (non-hydrogen) atoms. The van der Waals surface area contributed by atoms with E-state index in [0.717, 1.165) is 7.11 Å². The monoisotopic (exact) mass is 384 g/mol.